The average Bonchev–Trinajstić information content (AvgIpc) is 2.64. The fraction of sp³-hybridized carbons (Fsp3) is 0.800. The van der Waals surface area contributed by atoms with Crippen molar-refractivity contribution in [1.29, 1.82) is 0 Å². The van der Waals surface area contributed by atoms with Crippen molar-refractivity contribution in [3.05, 3.63) is 0 Å². The quantitative estimate of drug-likeness (QED) is 0.729. The summed E-state index contributed by atoms with van der Waals surface area (Å²) in [7, 11) is 0. The van der Waals surface area contributed by atoms with Gasteiger partial charge >= 0.3 is 0 Å². The van der Waals surface area contributed by atoms with Gasteiger partial charge in [-0.15, -0.1) is 11.6 Å². The number of nitrogens with two attached hydrogens (primary N) is 1. The van der Waals surface area contributed by atoms with E-state index >= 15 is 0 Å². The summed E-state index contributed by atoms with van der Waals surface area (Å²) in [6, 6.07) is -0.444. The molecule has 0 radical (unpaired) electrons. The van der Waals surface area contributed by atoms with Crippen LogP contribution in [0.3, 0.4) is 0 Å². The van der Waals surface area contributed by atoms with Gasteiger partial charge in [0.1, 0.15) is 6.04 Å². The largest absolute Gasteiger partial charge is 0.368 e. The number of likely N-dealkylation sites (tertiary alicyclic amines) is 1. The summed E-state index contributed by atoms with van der Waals surface area (Å²) in [5, 5.41) is 0. The summed E-state index contributed by atoms with van der Waals surface area (Å²) >= 11 is 5.73. The Morgan fingerprint density at radius 3 is 2.60 bits per heavy atom. The molecule has 1 unspecified atom stereocenters. The third-order valence-electron chi connectivity index (χ3n) is 2.76. The van der Waals surface area contributed by atoms with Crippen molar-refractivity contribution >= 4 is 23.4 Å². The number of halogens is 1. The molecule has 0 aromatic rings. The van der Waals surface area contributed by atoms with Gasteiger partial charge < -0.3 is 10.6 Å². The summed E-state index contributed by atoms with van der Waals surface area (Å²) in [4.78, 5) is 24.7. The van der Waals surface area contributed by atoms with E-state index in [-0.39, 0.29) is 11.8 Å². The minimum absolute atomic E-state index is 0.0844. The van der Waals surface area contributed by atoms with Crippen LogP contribution in [0.2, 0.25) is 0 Å². The van der Waals surface area contributed by atoms with Gasteiger partial charge in [-0.3, -0.25) is 9.59 Å². The van der Waals surface area contributed by atoms with E-state index in [9.17, 15) is 9.59 Å². The molecule has 86 valence electrons. The number of hydrogen-bond acceptors (Lipinski definition) is 2. The molecule has 0 aromatic heterocycles. The van der Waals surface area contributed by atoms with E-state index < -0.39 is 17.4 Å². The predicted octanol–water partition coefficient (Wildman–Crippen LogP) is 0.728. The third-order valence-corrected chi connectivity index (χ3v) is 3.42. The van der Waals surface area contributed by atoms with Gasteiger partial charge in [-0.25, -0.2) is 0 Å². The minimum atomic E-state index is -0.625. The molecule has 5 heteroatoms. The van der Waals surface area contributed by atoms with Crippen LogP contribution in [0, 0.1) is 5.41 Å². The van der Waals surface area contributed by atoms with Gasteiger partial charge in [0.15, 0.2) is 0 Å². The van der Waals surface area contributed by atoms with Crippen molar-refractivity contribution in [3.63, 3.8) is 0 Å². The number of rotatable bonds is 3. The molecule has 1 aliphatic heterocycles. The smallest absolute Gasteiger partial charge is 0.240 e. The summed E-state index contributed by atoms with van der Waals surface area (Å²) in [5.41, 5.74) is 4.62. The van der Waals surface area contributed by atoms with Crippen LogP contribution < -0.4 is 5.73 Å². The molecule has 0 spiro atoms. The van der Waals surface area contributed by atoms with Gasteiger partial charge in [0.05, 0.1) is 5.41 Å². The predicted molar refractivity (Wildman–Crippen MR) is 58.4 cm³/mol. The lowest BCUT2D eigenvalue weighted by Crippen LogP contribution is -2.49. The normalized spacial score (nSPS) is 21.8. The van der Waals surface area contributed by atoms with Crippen molar-refractivity contribution in [2.75, 3.05) is 12.4 Å². The van der Waals surface area contributed by atoms with Gasteiger partial charge in [0, 0.05) is 12.4 Å². The Labute approximate surface area is 94.7 Å². The van der Waals surface area contributed by atoms with Crippen molar-refractivity contribution in [2.45, 2.75) is 32.7 Å². The first-order chi connectivity index (χ1) is 6.90. The molecule has 0 bridgehead atoms. The molecule has 1 aliphatic rings. The first kappa shape index (κ1) is 12.3. The Kier molecular flexibility index (Phi) is 3.60. The number of primary amides is 1. The number of carbonyl (C=O) groups is 2. The molecule has 15 heavy (non-hydrogen) atoms. The molecule has 0 aliphatic carbocycles. The summed E-state index contributed by atoms with van der Waals surface area (Å²) in [6.45, 7) is 4.16. The van der Waals surface area contributed by atoms with Crippen molar-refractivity contribution in [3.8, 4) is 0 Å². The van der Waals surface area contributed by atoms with E-state index in [1.54, 1.807) is 18.7 Å². The van der Waals surface area contributed by atoms with Crippen LogP contribution in [0.1, 0.15) is 26.7 Å². The Morgan fingerprint density at radius 1 is 1.53 bits per heavy atom. The first-order valence-electron chi connectivity index (χ1n) is 5.06. The molecular weight excluding hydrogens is 216 g/mol. The van der Waals surface area contributed by atoms with Crippen molar-refractivity contribution < 1.29 is 9.59 Å². The maximum atomic E-state index is 12.0. The van der Waals surface area contributed by atoms with E-state index in [0.717, 1.165) is 6.42 Å². The second-order valence-electron chi connectivity index (χ2n) is 4.58. The van der Waals surface area contributed by atoms with Crippen LogP contribution in [0.4, 0.5) is 0 Å². The molecule has 2 N–H and O–H groups in total. The lowest BCUT2D eigenvalue weighted by molar-refractivity contribution is -0.143. The highest BCUT2D eigenvalue weighted by Gasteiger charge is 2.39. The van der Waals surface area contributed by atoms with E-state index in [2.05, 4.69) is 0 Å². The highest BCUT2D eigenvalue weighted by molar-refractivity contribution is 6.19. The van der Waals surface area contributed by atoms with Crippen LogP contribution >= 0.6 is 11.6 Å². The average molecular weight is 233 g/mol. The van der Waals surface area contributed by atoms with E-state index in [1.165, 1.54) is 0 Å². The SMILES string of the molecule is CC(C)(CCl)C(=O)N1CCCC1C(N)=O. The molecular formula is C10H17ClN2O2. The van der Waals surface area contributed by atoms with Gasteiger partial charge in [-0.1, -0.05) is 0 Å². The fourth-order valence-electron chi connectivity index (χ4n) is 1.75. The maximum absolute atomic E-state index is 12.0. The van der Waals surface area contributed by atoms with Crippen molar-refractivity contribution in [2.24, 2.45) is 11.1 Å². The maximum Gasteiger partial charge on any atom is 0.240 e. The fourth-order valence-corrected chi connectivity index (χ4v) is 1.87. The molecule has 2 amide bonds. The molecule has 1 saturated heterocycles. The zero-order chi connectivity index (χ0) is 11.6. The third kappa shape index (κ3) is 2.43. The molecule has 1 atom stereocenters. The molecule has 1 fully saturated rings. The summed E-state index contributed by atoms with van der Waals surface area (Å²) in [5.74, 6) is -0.265. The molecule has 1 rings (SSSR count). The second-order valence-corrected chi connectivity index (χ2v) is 4.84. The van der Waals surface area contributed by atoms with Crippen LogP contribution in [0.5, 0.6) is 0 Å². The van der Waals surface area contributed by atoms with E-state index in [0.29, 0.717) is 13.0 Å². The minimum Gasteiger partial charge on any atom is -0.368 e. The molecule has 4 nitrogen and oxygen atoms in total. The molecule has 0 saturated carbocycles. The van der Waals surface area contributed by atoms with Gasteiger partial charge in [-0.05, 0) is 26.7 Å². The Hall–Kier alpha value is -0.770. The number of carbonyl (C=O) groups excluding carboxylic acids is 2. The number of nitrogens with zero attached hydrogens (tertiary/aromatic N) is 1. The monoisotopic (exact) mass is 232 g/mol. The second kappa shape index (κ2) is 4.39. The van der Waals surface area contributed by atoms with Gasteiger partial charge in [-0.2, -0.15) is 0 Å². The zero-order valence-electron chi connectivity index (χ0n) is 9.12. The van der Waals surface area contributed by atoms with Gasteiger partial charge in [0.2, 0.25) is 11.8 Å². The van der Waals surface area contributed by atoms with Crippen LogP contribution in [0.25, 0.3) is 0 Å². The molecule has 1 heterocycles. The van der Waals surface area contributed by atoms with Gasteiger partial charge in [0.25, 0.3) is 0 Å². The molecule has 0 aromatic carbocycles. The Morgan fingerprint density at radius 2 is 2.13 bits per heavy atom. The number of hydrogen-bond donors (Lipinski definition) is 1. The number of amides is 2. The first-order valence-corrected chi connectivity index (χ1v) is 5.60. The Balaban J connectivity index is 2.79. The summed E-state index contributed by atoms with van der Waals surface area (Å²) < 4.78 is 0. The lowest BCUT2D eigenvalue weighted by Gasteiger charge is -2.30. The van der Waals surface area contributed by atoms with E-state index in [1.807, 2.05) is 0 Å². The van der Waals surface area contributed by atoms with E-state index in [4.69, 9.17) is 17.3 Å². The topological polar surface area (TPSA) is 63.4 Å². The van der Waals surface area contributed by atoms with Crippen LogP contribution in [0.15, 0.2) is 0 Å². The van der Waals surface area contributed by atoms with Crippen molar-refractivity contribution in [1.82, 2.24) is 4.90 Å². The number of alkyl halides is 1. The highest BCUT2D eigenvalue weighted by atomic mass is 35.5. The summed E-state index contributed by atoms with van der Waals surface area (Å²) in [6.07, 6.45) is 1.50. The Bertz CT molecular complexity index is 279. The van der Waals surface area contributed by atoms with Crippen LogP contribution in [-0.2, 0) is 9.59 Å². The van der Waals surface area contributed by atoms with Crippen LogP contribution in [-0.4, -0.2) is 35.2 Å². The zero-order valence-corrected chi connectivity index (χ0v) is 9.88. The highest BCUT2D eigenvalue weighted by Crippen LogP contribution is 2.26. The lowest BCUT2D eigenvalue weighted by atomic mass is 9.94. The standard InChI is InChI=1S/C10H17ClN2O2/c1-10(2,6-11)9(15)13-5-3-4-7(13)8(12)14/h7H,3-6H2,1-2H3,(H2,12,14).